The molecule has 0 bridgehead atoms. The lowest BCUT2D eigenvalue weighted by molar-refractivity contribution is 0.0269. The van der Waals surface area contributed by atoms with Gasteiger partial charge in [-0.1, -0.05) is 32.9 Å². The van der Waals surface area contributed by atoms with E-state index in [0.29, 0.717) is 11.5 Å². The van der Waals surface area contributed by atoms with Gasteiger partial charge >= 0.3 is 0 Å². The number of benzene rings is 1. The Bertz CT molecular complexity index is 579. The molecule has 2 rings (SSSR count). The molecule has 1 heterocycles. The Labute approximate surface area is 125 Å². The Kier molecular flexibility index (Phi) is 5.37. The molecule has 0 saturated heterocycles. The van der Waals surface area contributed by atoms with Gasteiger partial charge in [0.15, 0.2) is 11.4 Å². The number of methoxy groups -OCH3 is 1. The summed E-state index contributed by atoms with van der Waals surface area (Å²) in [4.78, 5) is 0. The van der Waals surface area contributed by atoms with Crippen molar-refractivity contribution in [3.63, 3.8) is 0 Å². The summed E-state index contributed by atoms with van der Waals surface area (Å²) >= 11 is 0. The highest BCUT2D eigenvalue weighted by Gasteiger charge is 2.28. The van der Waals surface area contributed by atoms with Gasteiger partial charge in [-0.2, -0.15) is 0 Å². The van der Waals surface area contributed by atoms with Gasteiger partial charge in [-0.15, -0.1) is 0 Å². The molecule has 2 aromatic rings. The molecule has 0 saturated carbocycles. The van der Waals surface area contributed by atoms with Crippen LogP contribution in [0.2, 0.25) is 0 Å². The number of nitrogens with one attached hydrogen (secondary N) is 1. The minimum atomic E-state index is -0.327. The lowest BCUT2D eigenvalue weighted by Gasteiger charge is -2.28. The van der Waals surface area contributed by atoms with E-state index in [2.05, 4.69) is 26.1 Å². The summed E-state index contributed by atoms with van der Waals surface area (Å²) < 4.78 is 25.2. The molecule has 0 aliphatic rings. The van der Waals surface area contributed by atoms with Gasteiger partial charge in [-0.25, -0.2) is 4.39 Å². The summed E-state index contributed by atoms with van der Waals surface area (Å²) in [6.45, 7) is 7.19. The number of halogens is 1. The van der Waals surface area contributed by atoms with Crippen LogP contribution in [0.3, 0.4) is 0 Å². The van der Waals surface area contributed by atoms with Crippen LogP contribution in [0.15, 0.2) is 28.7 Å². The molecule has 3 nitrogen and oxygen atoms in total. The van der Waals surface area contributed by atoms with Crippen LogP contribution >= 0.6 is 0 Å². The van der Waals surface area contributed by atoms with Crippen molar-refractivity contribution in [2.75, 3.05) is 13.7 Å². The van der Waals surface area contributed by atoms with Crippen molar-refractivity contribution in [3.05, 3.63) is 35.8 Å². The summed E-state index contributed by atoms with van der Waals surface area (Å²) in [6, 6.07) is 6.79. The summed E-state index contributed by atoms with van der Waals surface area (Å²) in [5.74, 6) is 0.720. The molecule has 1 aromatic heterocycles. The summed E-state index contributed by atoms with van der Waals surface area (Å²) in [5.41, 5.74) is 0.314. The smallest absolute Gasteiger partial charge is 0.169 e. The van der Waals surface area contributed by atoms with Crippen LogP contribution in [0.25, 0.3) is 11.0 Å². The molecule has 0 radical (unpaired) electrons. The van der Waals surface area contributed by atoms with E-state index in [9.17, 15) is 4.39 Å². The minimum absolute atomic E-state index is 0.0276. The standard InChI is InChI=1S/C17H24FNO2/c1-5-9-19-15(16(20-4)11(2)3)14-10-12-7-6-8-13(18)17(12)21-14/h6-8,10-11,15-16,19H,5,9H2,1-4H3. The first-order chi connectivity index (χ1) is 10.1. The summed E-state index contributed by atoms with van der Waals surface area (Å²) in [6.07, 6.45) is 0.986. The molecule has 1 aromatic carbocycles. The maximum atomic E-state index is 13.8. The van der Waals surface area contributed by atoms with Gasteiger partial charge in [0, 0.05) is 12.5 Å². The zero-order valence-corrected chi connectivity index (χ0v) is 13.2. The number of hydrogen-bond acceptors (Lipinski definition) is 3. The molecule has 2 atom stereocenters. The average molecular weight is 293 g/mol. The molecule has 0 amide bonds. The fraction of sp³-hybridized carbons (Fsp3) is 0.529. The largest absolute Gasteiger partial charge is 0.456 e. The van der Waals surface area contributed by atoms with Crippen molar-refractivity contribution in [1.82, 2.24) is 5.32 Å². The zero-order chi connectivity index (χ0) is 15.4. The molecular formula is C17H24FNO2. The third kappa shape index (κ3) is 3.44. The normalized spacial score (nSPS) is 14.8. The number of para-hydroxylation sites is 1. The second kappa shape index (κ2) is 7.05. The second-order valence-corrected chi connectivity index (χ2v) is 5.68. The highest BCUT2D eigenvalue weighted by atomic mass is 19.1. The lowest BCUT2D eigenvalue weighted by atomic mass is 9.97. The molecule has 0 spiro atoms. The van der Waals surface area contributed by atoms with E-state index in [1.807, 2.05) is 12.1 Å². The summed E-state index contributed by atoms with van der Waals surface area (Å²) in [7, 11) is 1.70. The first-order valence-corrected chi connectivity index (χ1v) is 7.52. The molecule has 4 heteroatoms. The number of ether oxygens (including phenoxy) is 1. The van der Waals surface area contributed by atoms with E-state index in [4.69, 9.17) is 9.15 Å². The van der Waals surface area contributed by atoms with Gasteiger partial charge in [0.1, 0.15) is 5.76 Å². The van der Waals surface area contributed by atoms with Crippen LogP contribution in [0, 0.1) is 11.7 Å². The molecule has 1 N–H and O–H groups in total. The monoisotopic (exact) mass is 293 g/mol. The summed E-state index contributed by atoms with van der Waals surface area (Å²) in [5, 5.41) is 4.24. The Morgan fingerprint density at radius 1 is 1.33 bits per heavy atom. The molecule has 21 heavy (non-hydrogen) atoms. The molecule has 116 valence electrons. The van der Waals surface area contributed by atoms with Gasteiger partial charge in [-0.05, 0) is 31.0 Å². The van der Waals surface area contributed by atoms with Crippen LogP contribution < -0.4 is 5.32 Å². The van der Waals surface area contributed by atoms with Gasteiger partial charge in [0.25, 0.3) is 0 Å². The molecule has 0 fully saturated rings. The van der Waals surface area contributed by atoms with Gasteiger partial charge in [0.2, 0.25) is 0 Å². The first kappa shape index (κ1) is 16.0. The van der Waals surface area contributed by atoms with Crippen LogP contribution in [0.4, 0.5) is 4.39 Å². The van der Waals surface area contributed by atoms with Crippen molar-refractivity contribution in [2.45, 2.75) is 39.3 Å². The van der Waals surface area contributed by atoms with Crippen molar-refractivity contribution in [1.29, 1.82) is 0 Å². The topological polar surface area (TPSA) is 34.4 Å². The van der Waals surface area contributed by atoms with Crippen molar-refractivity contribution >= 4 is 11.0 Å². The van der Waals surface area contributed by atoms with E-state index in [0.717, 1.165) is 24.1 Å². The van der Waals surface area contributed by atoms with Gasteiger partial charge < -0.3 is 14.5 Å². The highest BCUT2D eigenvalue weighted by molar-refractivity contribution is 5.78. The third-order valence-electron chi connectivity index (χ3n) is 3.69. The van der Waals surface area contributed by atoms with E-state index < -0.39 is 0 Å². The van der Waals surface area contributed by atoms with Crippen LogP contribution in [0.5, 0.6) is 0 Å². The number of fused-ring (bicyclic) bond motifs is 1. The zero-order valence-electron chi connectivity index (χ0n) is 13.2. The fourth-order valence-corrected chi connectivity index (χ4v) is 2.67. The van der Waals surface area contributed by atoms with Gasteiger partial charge in [0.05, 0.1) is 12.1 Å². The van der Waals surface area contributed by atoms with Crippen molar-refractivity contribution in [3.8, 4) is 0 Å². The van der Waals surface area contributed by atoms with Gasteiger partial charge in [-0.3, -0.25) is 0 Å². The van der Waals surface area contributed by atoms with Crippen LogP contribution in [-0.2, 0) is 4.74 Å². The average Bonchev–Trinajstić information content (AvgIpc) is 2.88. The Morgan fingerprint density at radius 3 is 2.67 bits per heavy atom. The predicted molar refractivity (Wildman–Crippen MR) is 82.8 cm³/mol. The SMILES string of the molecule is CCCNC(c1cc2cccc(F)c2o1)C(OC)C(C)C. The Balaban J connectivity index is 2.39. The predicted octanol–water partition coefficient (Wildman–Crippen LogP) is 4.28. The molecular weight excluding hydrogens is 269 g/mol. The number of rotatable bonds is 7. The Hall–Kier alpha value is -1.39. The fourth-order valence-electron chi connectivity index (χ4n) is 2.67. The third-order valence-corrected chi connectivity index (χ3v) is 3.69. The second-order valence-electron chi connectivity index (χ2n) is 5.68. The van der Waals surface area contributed by atoms with E-state index in [1.54, 1.807) is 13.2 Å². The van der Waals surface area contributed by atoms with Crippen molar-refractivity contribution in [2.24, 2.45) is 5.92 Å². The minimum Gasteiger partial charge on any atom is -0.456 e. The van der Waals surface area contributed by atoms with Crippen LogP contribution in [-0.4, -0.2) is 19.8 Å². The lowest BCUT2D eigenvalue weighted by Crippen LogP contribution is -2.36. The number of furan rings is 1. The maximum absolute atomic E-state index is 13.8. The van der Waals surface area contributed by atoms with Crippen LogP contribution in [0.1, 0.15) is 39.0 Å². The quantitative estimate of drug-likeness (QED) is 0.827. The molecule has 2 unspecified atom stereocenters. The Morgan fingerprint density at radius 2 is 2.10 bits per heavy atom. The van der Waals surface area contributed by atoms with E-state index in [-0.39, 0.29) is 18.0 Å². The van der Waals surface area contributed by atoms with Crippen molar-refractivity contribution < 1.29 is 13.5 Å². The van der Waals surface area contributed by atoms with E-state index in [1.165, 1.54) is 6.07 Å². The molecule has 0 aliphatic heterocycles. The highest BCUT2D eigenvalue weighted by Crippen LogP contribution is 2.30. The first-order valence-electron chi connectivity index (χ1n) is 7.52. The number of hydrogen-bond donors (Lipinski definition) is 1. The van der Waals surface area contributed by atoms with E-state index >= 15 is 0 Å². The molecule has 0 aliphatic carbocycles. The maximum Gasteiger partial charge on any atom is 0.169 e.